The quantitative estimate of drug-likeness (QED) is 0.775. The average Bonchev–Trinajstić information content (AvgIpc) is 2.21. The van der Waals surface area contributed by atoms with E-state index in [-0.39, 0.29) is 0 Å². The first kappa shape index (κ1) is 12.8. The molecule has 1 rings (SSSR count). The number of nitrogen functional groups attached to an aromatic ring is 1. The molecule has 3 nitrogen and oxygen atoms in total. The highest BCUT2D eigenvalue weighted by atomic mass is 15.0. The molecule has 0 amide bonds. The molecule has 3 N–H and O–H groups in total. The van der Waals surface area contributed by atoms with Crippen molar-refractivity contribution in [1.82, 2.24) is 4.98 Å². The molecule has 0 aliphatic carbocycles. The fourth-order valence-electron chi connectivity index (χ4n) is 1.65. The van der Waals surface area contributed by atoms with E-state index in [1.54, 1.807) is 6.20 Å². The van der Waals surface area contributed by atoms with E-state index in [9.17, 15) is 0 Å². The summed E-state index contributed by atoms with van der Waals surface area (Å²) in [6.45, 7) is 6.72. The molecule has 0 aliphatic heterocycles. The van der Waals surface area contributed by atoms with Crippen molar-refractivity contribution in [3.63, 3.8) is 0 Å². The number of pyridine rings is 1. The molecule has 0 radical (unpaired) electrons. The predicted molar refractivity (Wildman–Crippen MR) is 70.4 cm³/mol. The molecule has 0 aliphatic rings. The second-order valence-electron chi connectivity index (χ2n) is 4.85. The summed E-state index contributed by atoms with van der Waals surface area (Å²) in [6, 6.07) is 4.26. The van der Waals surface area contributed by atoms with E-state index in [4.69, 9.17) is 5.73 Å². The van der Waals surface area contributed by atoms with Crippen LogP contribution in [0.3, 0.4) is 0 Å². The molecule has 1 unspecified atom stereocenters. The fourth-order valence-corrected chi connectivity index (χ4v) is 1.65. The lowest BCUT2D eigenvalue weighted by Gasteiger charge is -2.15. The normalized spacial score (nSPS) is 12.8. The highest BCUT2D eigenvalue weighted by Crippen LogP contribution is 2.12. The van der Waals surface area contributed by atoms with Crippen LogP contribution in [0.5, 0.6) is 0 Å². The van der Waals surface area contributed by atoms with E-state index < -0.39 is 0 Å². The number of nitrogens with zero attached hydrogens (tertiary/aromatic N) is 1. The van der Waals surface area contributed by atoms with Gasteiger partial charge < -0.3 is 11.1 Å². The third-order valence-corrected chi connectivity index (χ3v) is 2.60. The van der Waals surface area contributed by atoms with Crippen molar-refractivity contribution in [2.75, 3.05) is 11.1 Å². The molecule has 0 saturated carbocycles. The Labute approximate surface area is 98.5 Å². The lowest BCUT2D eigenvalue weighted by atomic mass is 10.0. The van der Waals surface area contributed by atoms with Gasteiger partial charge in [-0.05, 0) is 31.4 Å². The highest BCUT2D eigenvalue weighted by Gasteiger charge is 2.03. The standard InChI is InChI=1S/C13H23N3/c1-10(2)5-4-6-11(3)16-13-8-7-12(14)9-15-13/h7-11H,4-6,14H2,1-3H3,(H,15,16). The molecule has 3 heteroatoms. The van der Waals surface area contributed by atoms with E-state index in [1.807, 2.05) is 12.1 Å². The Morgan fingerprint density at radius 3 is 2.56 bits per heavy atom. The Morgan fingerprint density at radius 1 is 1.25 bits per heavy atom. The van der Waals surface area contributed by atoms with Crippen molar-refractivity contribution in [3.05, 3.63) is 18.3 Å². The second kappa shape index (κ2) is 6.36. The molecule has 0 fully saturated rings. The monoisotopic (exact) mass is 221 g/mol. The number of nitrogens with one attached hydrogen (secondary N) is 1. The third-order valence-electron chi connectivity index (χ3n) is 2.60. The first-order valence-corrected chi connectivity index (χ1v) is 6.06. The molecule has 0 spiro atoms. The Balaban J connectivity index is 2.28. The van der Waals surface area contributed by atoms with Crippen LogP contribution >= 0.6 is 0 Å². The first-order chi connectivity index (χ1) is 7.58. The van der Waals surface area contributed by atoms with Crippen LogP contribution in [0.1, 0.15) is 40.0 Å². The Morgan fingerprint density at radius 2 is 2.00 bits per heavy atom. The molecule has 1 heterocycles. The van der Waals surface area contributed by atoms with Crippen molar-refractivity contribution in [1.29, 1.82) is 0 Å². The first-order valence-electron chi connectivity index (χ1n) is 6.06. The van der Waals surface area contributed by atoms with E-state index in [1.165, 1.54) is 19.3 Å². The van der Waals surface area contributed by atoms with Crippen LogP contribution in [0.25, 0.3) is 0 Å². The van der Waals surface area contributed by atoms with Gasteiger partial charge in [-0.3, -0.25) is 0 Å². The Hall–Kier alpha value is -1.25. The maximum atomic E-state index is 5.58. The average molecular weight is 221 g/mol. The summed E-state index contributed by atoms with van der Waals surface area (Å²) >= 11 is 0. The zero-order valence-electron chi connectivity index (χ0n) is 10.5. The van der Waals surface area contributed by atoms with Crippen molar-refractivity contribution in [2.45, 2.75) is 46.1 Å². The molecule has 0 aromatic carbocycles. The van der Waals surface area contributed by atoms with Crippen LogP contribution in [0.2, 0.25) is 0 Å². The number of aromatic nitrogens is 1. The summed E-state index contributed by atoms with van der Waals surface area (Å²) in [6.07, 6.45) is 5.43. The summed E-state index contributed by atoms with van der Waals surface area (Å²) in [5, 5.41) is 3.38. The summed E-state index contributed by atoms with van der Waals surface area (Å²) in [5.74, 6) is 1.70. The van der Waals surface area contributed by atoms with Gasteiger partial charge in [0.1, 0.15) is 5.82 Å². The highest BCUT2D eigenvalue weighted by molar-refractivity contribution is 5.44. The topological polar surface area (TPSA) is 50.9 Å². The Bertz CT molecular complexity index is 293. The molecule has 16 heavy (non-hydrogen) atoms. The molecule has 1 atom stereocenters. The van der Waals surface area contributed by atoms with Gasteiger partial charge in [-0.25, -0.2) is 4.98 Å². The number of rotatable bonds is 6. The van der Waals surface area contributed by atoms with E-state index in [0.29, 0.717) is 11.7 Å². The summed E-state index contributed by atoms with van der Waals surface area (Å²) < 4.78 is 0. The van der Waals surface area contributed by atoms with Crippen LogP contribution in [0, 0.1) is 5.92 Å². The maximum absolute atomic E-state index is 5.58. The second-order valence-corrected chi connectivity index (χ2v) is 4.85. The van der Waals surface area contributed by atoms with Gasteiger partial charge in [-0.15, -0.1) is 0 Å². The number of hydrogen-bond donors (Lipinski definition) is 2. The van der Waals surface area contributed by atoms with Gasteiger partial charge >= 0.3 is 0 Å². The summed E-state index contributed by atoms with van der Waals surface area (Å²) in [4.78, 5) is 4.23. The molecule has 90 valence electrons. The smallest absolute Gasteiger partial charge is 0.126 e. The zero-order valence-corrected chi connectivity index (χ0v) is 10.5. The maximum Gasteiger partial charge on any atom is 0.126 e. The summed E-state index contributed by atoms with van der Waals surface area (Å²) in [7, 11) is 0. The van der Waals surface area contributed by atoms with Crippen LogP contribution in [0.4, 0.5) is 11.5 Å². The van der Waals surface area contributed by atoms with E-state index in [0.717, 1.165) is 11.7 Å². The van der Waals surface area contributed by atoms with Gasteiger partial charge in [-0.2, -0.15) is 0 Å². The van der Waals surface area contributed by atoms with Crippen LogP contribution < -0.4 is 11.1 Å². The molecule has 0 saturated heterocycles. The van der Waals surface area contributed by atoms with Gasteiger partial charge in [0.15, 0.2) is 0 Å². The SMILES string of the molecule is CC(C)CCCC(C)Nc1ccc(N)cn1. The lowest BCUT2D eigenvalue weighted by molar-refractivity contribution is 0.520. The third kappa shape index (κ3) is 5.01. The van der Waals surface area contributed by atoms with E-state index >= 15 is 0 Å². The lowest BCUT2D eigenvalue weighted by Crippen LogP contribution is -2.16. The van der Waals surface area contributed by atoms with Gasteiger partial charge in [0.2, 0.25) is 0 Å². The zero-order chi connectivity index (χ0) is 12.0. The van der Waals surface area contributed by atoms with Crippen molar-refractivity contribution in [2.24, 2.45) is 5.92 Å². The molecular formula is C13H23N3. The van der Waals surface area contributed by atoms with E-state index in [2.05, 4.69) is 31.1 Å². The molecule has 1 aromatic heterocycles. The minimum atomic E-state index is 0.467. The van der Waals surface area contributed by atoms with Gasteiger partial charge in [0.05, 0.1) is 11.9 Å². The largest absolute Gasteiger partial charge is 0.397 e. The minimum Gasteiger partial charge on any atom is -0.397 e. The van der Waals surface area contributed by atoms with Crippen LogP contribution in [-0.4, -0.2) is 11.0 Å². The molecular weight excluding hydrogens is 198 g/mol. The number of anilines is 2. The van der Waals surface area contributed by atoms with Crippen molar-refractivity contribution < 1.29 is 0 Å². The number of hydrogen-bond acceptors (Lipinski definition) is 3. The molecule has 0 bridgehead atoms. The van der Waals surface area contributed by atoms with Crippen LogP contribution in [-0.2, 0) is 0 Å². The molecule has 1 aromatic rings. The van der Waals surface area contributed by atoms with Gasteiger partial charge in [0.25, 0.3) is 0 Å². The van der Waals surface area contributed by atoms with Gasteiger partial charge in [-0.1, -0.05) is 26.7 Å². The number of nitrogens with two attached hydrogens (primary N) is 1. The Kier molecular flexibility index (Phi) is 5.09. The van der Waals surface area contributed by atoms with Crippen molar-refractivity contribution >= 4 is 11.5 Å². The predicted octanol–water partition coefficient (Wildman–Crippen LogP) is 3.29. The van der Waals surface area contributed by atoms with Crippen LogP contribution in [0.15, 0.2) is 18.3 Å². The summed E-state index contributed by atoms with van der Waals surface area (Å²) in [5.41, 5.74) is 6.29. The minimum absolute atomic E-state index is 0.467. The van der Waals surface area contributed by atoms with Gasteiger partial charge in [0, 0.05) is 6.04 Å². The van der Waals surface area contributed by atoms with Crippen molar-refractivity contribution in [3.8, 4) is 0 Å². The fraction of sp³-hybridized carbons (Fsp3) is 0.615.